The van der Waals surface area contributed by atoms with Crippen LogP contribution in [0.1, 0.15) is 112 Å². The molecule has 1 aliphatic heterocycles. The Labute approximate surface area is 252 Å². The molecule has 3 saturated carbocycles. The van der Waals surface area contributed by atoms with Gasteiger partial charge < -0.3 is 24.8 Å². The summed E-state index contributed by atoms with van der Waals surface area (Å²) in [5.74, 6) is 1.51. The normalized spacial score (nSPS) is 47.3. The van der Waals surface area contributed by atoms with Crippen LogP contribution in [0.2, 0.25) is 0 Å². The summed E-state index contributed by atoms with van der Waals surface area (Å²) in [6.45, 7) is 12.9. The molecule has 4 fully saturated rings. The number of fused-ring (bicyclic) bond motifs is 5. The Kier molecular flexibility index (Phi) is 8.92. The number of rotatable bonds is 9. The minimum Gasteiger partial charge on any atom is -0.394 e. The Morgan fingerprint density at radius 3 is 2.55 bits per heavy atom. The van der Waals surface area contributed by atoms with Gasteiger partial charge in [0, 0.05) is 24.2 Å². The third kappa shape index (κ3) is 5.15. The van der Waals surface area contributed by atoms with E-state index in [1.807, 2.05) is 13.8 Å². The molecule has 0 spiro atoms. The zero-order valence-corrected chi connectivity index (χ0v) is 26.7. The predicted octanol–water partition coefficient (Wildman–Crippen LogP) is 5.70. The number of carbonyl (C=O) groups excluding carboxylic acids is 1. The molecule has 8 nitrogen and oxygen atoms in total. The van der Waals surface area contributed by atoms with E-state index >= 15 is 0 Å². The van der Waals surface area contributed by atoms with Gasteiger partial charge in [0.05, 0.1) is 30.5 Å². The second-order valence-corrected chi connectivity index (χ2v) is 15.8. The molecule has 5 rings (SSSR count). The first-order valence-electron chi connectivity index (χ1n) is 16.6. The third-order valence-electron chi connectivity index (χ3n) is 13.2. The largest absolute Gasteiger partial charge is 0.394 e. The minimum absolute atomic E-state index is 0.0114. The number of ketones is 1. The van der Waals surface area contributed by atoms with Crippen molar-refractivity contribution in [3.8, 4) is 0 Å². The van der Waals surface area contributed by atoms with Gasteiger partial charge in [-0.2, -0.15) is 4.91 Å². The monoisotopic (exact) mass is 589 g/mol. The van der Waals surface area contributed by atoms with Crippen molar-refractivity contribution in [1.29, 1.82) is 0 Å². The van der Waals surface area contributed by atoms with E-state index in [2.05, 4.69) is 38.9 Å². The number of hydrogen-bond acceptors (Lipinski definition) is 8. The Balaban J connectivity index is 1.31. The first kappa shape index (κ1) is 32.2. The Bertz CT molecular complexity index is 1060. The van der Waals surface area contributed by atoms with Crippen LogP contribution in [0, 0.1) is 44.8 Å². The lowest BCUT2D eigenvalue weighted by Gasteiger charge is -2.63. The maximum absolute atomic E-state index is 14.4. The zero-order chi connectivity index (χ0) is 30.7. The molecule has 4 aliphatic carbocycles. The smallest absolute Gasteiger partial charge is 0.186 e. The van der Waals surface area contributed by atoms with Gasteiger partial charge in [-0.15, -0.1) is 0 Å². The van der Waals surface area contributed by atoms with Crippen molar-refractivity contribution in [1.82, 2.24) is 0 Å². The fourth-order valence-electron chi connectivity index (χ4n) is 10.3. The fraction of sp³-hybridized carbons (Fsp3) is 0.912. The molecule has 0 aromatic carbocycles. The van der Waals surface area contributed by atoms with E-state index < -0.39 is 35.6 Å². The first-order valence-corrected chi connectivity index (χ1v) is 16.6. The molecule has 42 heavy (non-hydrogen) atoms. The molecule has 0 aromatic heterocycles. The fourth-order valence-corrected chi connectivity index (χ4v) is 10.3. The van der Waals surface area contributed by atoms with E-state index in [9.17, 15) is 25.0 Å². The summed E-state index contributed by atoms with van der Waals surface area (Å²) < 4.78 is 12.1. The molecule has 3 unspecified atom stereocenters. The van der Waals surface area contributed by atoms with Crippen LogP contribution in [0.5, 0.6) is 0 Å². The van der Waals surface area contributed by atoms with Crippen molar-refractivity contribution in [2.75, 3.05) is 6.61 Å². The number of aliphatic hydroxyl groups excluding tert-OH is 3. The molecule has 5 aliphatic rings. The number of hydrogen-bond donors (Lipinski definition) is 3. The molecule has 238 valence electrons. The molecule has 1 heterocycles. The van der Waals surface area contributed by atoms with Crippen molar-refractivity contribution in [2.45, 2.75) is 148 Å². The van der Waals surface area contributed by atoms with Gasteiger partial charge in [-0.05, 0) is 87.4 Å². The van der Waals surface area contributed by atoms with E-state index in [-0.39, 0.29) is 41.8 Å². The SMILES string of the molecule is C[C@@H]1C2=CCC3[C@@](C)(C(=O)C[C@]4(C)C(CCCCC(C)(C)N=O)CC[C@@]34C)C2CC[C@@H]1O[C@@H]1O[C@H](CO)C[C@H](O)[C@H]1O. The number of ether oxygens (including phenoxy) is 2. The molecule has 0 amide bonds. The van der Waals surface area contributed by atoms with E-state index in [1.54, 1.807) is 0 Å². The lowest BCUT2D eigenvalue weighted by atomic mass is 9.39. The van der Waals surface area contributed by atoms with Crippen molar-refractivity contribution in [3.05, 3.63) is 16.6 Å². The molecule has 8 heteroatoms. The number of nitroso groups, excluding NO2 is 1. The van der Waals surface area contributed by atoms with Gasteiger partial charge in [-0.25, -0.2) is 0 Å². The van der Waals surface area contributed by atoms with Gasteiger partial charge >= 0.3 is 0 Å². The highest BCUT2D eigenvalue weighted by Crippen LogP contribution is 2.73. The summed E-state index contributed by atoms with van der Waals surface area (Å²) in [7, 11) is 0. The molecule has 0 aromatic rings. The van der Waals surface area contributed by atoms with Crippen LogP contribution in [0.3, 0.4) is 0 Å². The van der Waals surface area contributed by atoms with Crippen molar-refractivity contribution in [3.63, 3.8) is 0 Å². The maximum Gasteiger partial charge on any atom is 0.186 e. The average molecular weight is 590 g/mol. The van der Waals surface area contributed by atoms with Crippen LogP contribution in [0.15, 0.2) is 16.8 Å². The van der Waals surface area contributed by atoms with Crippen LogP contribution in [-0.2, 0) is 14.3 Å². The second-order valence-electron chi connectivity index (χ2n) is 15.8. The number of unbranched alkanes of at least 4 members (excludes halogenated alkanes) is 1. The van der Waals surface area contributed by atoms with Gasteiger partial charge in [0.25, 0.3) is 0 Å². The van der Waals surface area contributed by atoms with Crippen LogP contribution in [0.25, 0.3) is 0 Å². The van der Waals surface area contributed by atoms with E-state index in [0.717, 1.165) is 51.4 Å². The number of aliphatic hydroxyl groups is 3. The summed E-state index contributed by atoms with van der Waals surface area (Å²) in [6.07, 6.45) is 8.19. The van der Waals surface area contributed by atoms with E-state index in [4.69, 9.17) is 9.47 Å². The molecule has 12 atom stereocenters. The van der Waals surface area contributed by atoms with Gasteiger partial charge in [0.15, 0.2) is 6.29 Å². The number of nitrogens with zero attached hydrogens (tertiary/aromatic N) is 1. The summed E-state index contributed by atoms with van der Waals surface area (Å²) >= 11 is 0. The number of Topliss-reactive ketones (excluding diaryl/α,β-unsaturated/α-hetero) is 1. The molecule has 0 radical (unpaired) electrons. The third-order valence-corrected chi connectivity index (χ3v) is 13.2. The second kappa shape index (κ2) is 11.6. The molecular formula is C34H55NO7. The molecule has 1 saturated heterocycles. The topological polar surface area (TPSA) is 126 Å². The van der Waals surface area contributed by atoms with Gasteiger partial charge in [0.2, 0.25) is 0 Å². The van der Waals surface area contributed by atoms with Crippen LogP contribution in [0.4, 0.5) is 0 Å². The van der Waals surface area contributed by atoms with Crippen LogP contribution < -0.4 is 0 Å². The highest BCUT2D eigenvalue weighted by molar-refractivity contribution is 5.88. The molecule has 3 N–H and O–H groups in total. The maximum atomic E-state index is 14.4. The average Bonchev–Trinajstić information content (AvgIpc) is 3.20. The van der Waals surface area contributed by atoms with Crippen LogP contribution in [-0.4, -0.2) is 64.0 Å². The van der Waals surface area contributed by atoms with E-state index in [0.29, 0.717) is 24.0 Å². The van der Waals surface area contributed by atoms with Crippen molar-refractivity contribution in [2.24, 2.45) is 45.1 Å². The molecule has 0 bridgehead atoms. The van der Waals surface area contributed by atoms with Gasteiger partial charge in [-0.1, -0.05) is 57.4 Å². The number of allylic oxidation sites excluding steroid dienone is 1. The first-order chi connectivity index (χ1) is 19.7. The quantitative estimate of drug-likeness (QED) is 0.179. The Morgan fingerprint density at radius 2 is 1.86 bits per heavy atom. The standard InChI is InChI=1S/C34H55NO7/c1-20-23-10-13-27-32(4)16-14-21(9-7-8-15-31(2,3)35-40)33(32,5)18-28(38)34(27,6)24(23)11-12-26(20)42-30-29(39)25(37)17-22(19-36)41-30/h10,20-22,24-27,29-30,36-37,39H,7-9,11-19H2,1-6H3/t20-,21?,22+,24?,25+,26+,27?,29-,30+,32+,33-,34+/m1/s1. The Hall–Kier alpha value is -1.19. The highest BCUT2D eigenvalue weighted by Gasteiger charge is 2.69. The highest BCUT2D eigenvalue weighted by atomic mass is 16.7. The van der Waals surface area contributed by atoms with E-state index in [1.165, 1.54) is 12.0 Å². The zero-order valence-electron chi connectivity index (χ0n) is 26.7. The molecular weight excluding hydrogens is 534 g/mol. The lowest BCUT2D eigenvalue weighted by molar-refractivity contribution is -0.290. The van der Waals surface area contributed by atoms with Crippen molar-refractivity contribution < 1.29 is 29.6 Å². The summed E-state index contributed by atoms with van der Waals surface area (Å²) in [4.78, 5) is 25.5. The minimum atomic E-state index is -1.15. The summed E-state index contributed by atoms with van der Waals surface area (Å²) in [5.41, 5.74) is 0.485. The van der Waals surface area contributed by atoms with Crippen LogP contribution >= 0.6 is 0 Å². The van der Waals surface area contributed by atoms with Gasteiger partial charge in [-0.3, -0.25) is 4.79 Å². The van der Waals surface area contributed by atoms with Gasteiger partial charge in [0.1, 0.15) is 11.9 Å². The predicted molar refractivity (Wildman–Crippen MR) is 160 cm³/mol. The Morgan fingerprint density at radius 1 is 1.12 bits per heavy atom. The summed E-state index contributed by atoms with van der Waals surface area (Å²) in [6, 6.07) is 0. The van der Waals surface area contributed by atoms with Crippen molar-refractivity contribution >= 4 is 5.78 Å². The summed E-state index contributed by atoms with van der Waals surface area (Å²) in [5, 5.41) is 33.7. The lowest BCUT2D eigenvalue weighted by Crippen LogP contribution is -2.62. The number of carbonyl (C=O) groups is 1.